The third-order valence-corrected chi connectivity index (χ3v) is 1.74. The highest BCUT2D eigenvalue weighted by Crippen LogP contribution is 2.22. The van der Waals surface area contributed by atoms with Gasteiger partial charge in [-0.05, 0) is 23.8 Å². The Morgan fingerprint density at radius 3 is 2.89 bits per heavy atom. The summed E-state index contributed by atoms with van der Waals surface area (Å²) >= 11 is 6.08. The zero-order valence-electron chi connectivity index (χ0n) is 4.33. The summed E-state index contributed by atoms with van der Waals surface area (Å²) in [5, 5.41) is -0.482. The van der Waals surface area contributed by atoms with Crippen LogP contribution in [0.5, 0.6) is 0 Å². The maximum Gasteiger partial charge on any atom is 0.262 e. The first kappa shape index (κ1) is 6.71. The predicted octanol–water partition coefficient (Wildman–Crippen LogP) is 1.83. The number of halogens is 1. The molecule has 1 heterocycles. The molecule has 0 amide bonds. The Morgan fingerprint density at radius 1 is 1.78 bits per heavy atom. The SMILES string of the molecule is O=C(Cl)C1=CC=COS1. The minimum atomic E-state index is -0.482. The van der Waals surface area contributed by atoms with E-state index in [9.17, 15) is 4.79 Å². The van der Waals surface area contributed by atoms with Crippen LogP contribution in [0.4, 0.5) is 0 Å². The summed E-state index contributed by atoms with van der Waals surface area (Å²) < 4.78 is 4.71. The molecule has 1 aliphatic rings. The van der Waals surface area contributed by atoms with Crippen LogP contribution in [0.1, 0.15) is 0 Å². The van der Waals surface area contributed by atoms with Gasteiger partial charge in [-0.1, -0.05) is 0 Å². The van der Waals surface area contributed by atoms with E-state index in [0.717, 1.165) is 12.0 Å². The van der Waals surface area contributed by atoms with Crippen LogP contribution in [0.2, 0.25) is 0 Å². The fourth-order valence-corrected chi connectivity index (χ4v) is 0.945. The third kappa shape index (κ3) is 1.77. The second-order valence-electron chi connectivity index (χ2n) is 1.31. The Morgan fingerprint density at radius 2 is 2.56 bits per heavy atom. The van der Waals surface area contributed by atoms with E-state index >= 15 is 0 Å². The zero-order valence-corrected chi connectivity index (χ0v) is 5.91. The number of carbonyl (C=O) groups is 1. The van der Waals surface area contributed by atoms with Gasteiger partial charge in [0, 0.05) is 0 Å². The quantitative estimate of drug-likeness (QED) is 0.435. The lowest BCUT2D eigenvalue weighted by Crippen LogP contribution is -1.90. The molecule has 0 aliphatic carbocycles. The van der Waals surface area contributed by atoms with Crippen molar-refractivity contribution in [2.75, 3.05) is 0 Å². The van der Waals surface area contributed by atoms with Crippen LogP contribution in [0.15, 0.2) is 23.3 Å². The summed E-state index contributed by atoms with van der Waals surface area (Å²) in [5.74, 6) is 0. The number of allylic oxidation sites excluding steroid dienone is 3. The lowest BCUT2D eigenvalue weighted by molar-refractivity contribution is -0.108. The Hall–Kier alpha value is -0.410. The molecular weight excluding hydrogens is 160 g/mol. The number of rotatable bonds is 1. The normalized spacial score (nSPS) is 16.3. The molecule has 9 heavy (non-hydrogen) atoms. The van der Waals surface area contributed by atoms with Gasteiger partial charge in [-0.3, -0.25) is 4.79 Å². The minimum Gasteiger partial charge on any atom is -0.428 e. The van der Waals surface area contributed by atoms with Gasteiger partial charge in [-0.2, -0.15) is 0 Å². The van der Waals surface area contributed by atoms with Crippen LogP contribution in [0.3, 0.4) is 0 Å². The van der Waals surface area contributed by atoms with Crippen LogP contribution < -0.4 is 0 Å². The molecule has 0 spiro atoms. The molecule has 0 saturated carbocycles. The lowest BCUT2D eigenvalue weighted by atomic mass is 10.5. The topological polar surface area (TPSA) is 26.3 Å². The number of hydrogen-bond donors (Lipinski definition) is 0. The average Bonchev–Trinajstić information content (AvgIpc) is 1.90. The second kappa shape index (κ2) is 2.94. The van der Waals surface area contributed by atoms with Gasteiger partial charge in [0.15, 0.2) is 0 Å². The van der Waals surface area contributed by atoms with Gasteiger partial charge in [0.2, 0.25) is 0 Å². The Labute approximate surface area is 61.7 Å². The number of carbonyl (C=O) groups excluding carboxylic acids is 1. The van der Waals surface area contributed by atoms with E-state index in [2.05, 4.69) is 0 Å². The van der Waals surface area contributed by atoms with Crippen molar-refractivity contribution in [3.63, 3.8) is 0 Å². The molecule has 0 bridgehead atoms. The van der Waals surface area contributed by atoms with E-state index < -0.39 is 5.24 Å². The molecule has 0 aromatic heterocycles. The fraction of sp³-hybridized carbons (Fsp3) is 0. The fourth-order valence-electron chi connectivity index (χ4n) is 0.364. The monoisotopic (exact) mass is 162 g/mol. The molecular formula is C5H3ClO2S. The standard InChI is InChI=1S/C5H3ClO2S/c6-5(7)4-2-1-3-8-9-4/h1-3H. The summed E-state index contributed by atoms with van der Waals surface area (Å²) in [4.78, 5) is 10.8. The van der Waals surface area contributed by atoms with Crippen LogP contribution in [0, 0.1) is 0 Å². The molecule has 0 radical (unpaired) electrons. The summed E-state index contributed by atoms with van der Waals surface area (Å²) in [6.07, 6.45) is 4.70. The van der Waals surface area contributed by atoms with Crippen LogP contribution >= 0.6 is 23.6 Å². The molecule has 1 aliphatic heterocycles. The molecule has 1 rings (SSSR count). The molecule has 0 aromatic rings. The van der Waals surface area contributed by atoms with E-state index in [-0.39, 0.29) is 0 Å². The largest absolute Gasteiger partial charge is 0.428 e. The average molecular weight is 163 g/mol. The Bertz CT molecular complexity index is 185. The van der Waals surface area contributed by atoms with Gasteiger partial charge >= 0.3 is 0 Å². The van der Waals surface area contributed by atoms with Crippen LogP contribution in [-0.4, -0.2) is 5.24 Å². The first-order valence-corrected chi connectivity index (χ1v) is 3.32. The molecule has 0 atom stereocenters. The minimum absolute atomic E-state index is 0.416. The molecule has 0 saturated heterocycles. The van der Waals surface area contributed by atoms with Crippen molar-refractivity contribution in [1.82, 2.24) is 0 Å². The third-order valence-electron chi connectivity index (χ3n) is 0.713. The van der Waals surface area contributed by atoms with Gasteiger partial charge in [0.25, 0.3) is 5.24 Å². The van der Waals surface area contributed by atoms with Crippen molar-refractivity contribution in [1.29, 1.82) is 0 Å². The van der Waals surface area contributed by atoms with Gasteiger partial charge < -0.3 is 4.18 Å². The summed E-state index contributed by atoms with van der Waals surface area (Å²) in [6, 6.07) is 0. The van der Waals surface area contributed by atoms with Gasteiger partial charge in [-0.25, -0.2) is 0 Å². The zero-order chi connectivity index (χ0) is 6.69. The van der Waals surface area contributed by atoms with Crippen molar-refractivity contribution >= 4 is 28.9 Å². The van der Waals surface area contributed by atoms with Crippen LogP contribution in [-0.2, 0) is 8.98 Å². The summed E-state index contributed by atoms with van der Waals surface area (Å²) in [7, 11) is 0. The molecule has 0 N–H and O–H groups in total. The molecule has 0 unspecified atom stereocenters. The van der Waals surface area contributed by atoms with E-state index in [4.69, 9.17) is 15.8 Å². The molecule has 0 aromatic carbocycles. The molecule has 4 heteroatoms. The summed E-state index contributed by atoms with van der Waals surface area (Å²) in [5.41, 5.74) is 0. The first-order valence-electron chi connectivity index (χ1n) is 2.20. The molecule has 0 fully saturated rings. The molecule has 48 valence electrons. The van der Waals surface area contributed by atoms with E-state index in [0.29, 0.717) is 4.91 Å². The van der Waals surface area contributed by atoms with Crippen molar-refractivity contribution in [3.05, 3.63) is 23.3 Å². The molecule has 2 nitrogen and oxygen atoms in total. The highest BCUT2D eigenvalue weighted by Gasteiger charge is 2.08. The van der Waals surface area contributed by atoms with Crippen molar-refractivity contribution in [2.45, 2.75) is 0 Å². The van der Waals surface area contributed by atoms with Crippen LogP contribution in [0.25, 0.3) is 0 Å². The van der Waals surface area contributed by atoms with Crippen molar-refractivity contribution < 1.29 is 8.98 Å². The Kier molecular flexibility index (Phi) is 2.19. The highest BCUT2D eigenvalue weighted by molar-refractivity contribution is 7.99. The first-order chi connectivity index (χ1) is 4.30. The summed E-state index contributed by atoms with van der Waals surface area (Å²) in [6.45, 7) is 0. The van der Waals surface area contributed by atoms with E-state index in [1.54, 1.807) is 12.2 Å². The maximum absolute atomic E-state index is 10.4. The maximum atomic E-state index is 10.4. The van der Waals surface area contributed by atoms with Gasteiger partial charge in [0.1, 0.15) is 11.2 Å². The van der Waals surface area contributed by atoms with E-state index in [1.165, 1.54) is 6.26 Å². The smallest absolute Gasteiger partial charge is 0.262 e. The number of hydrogen-bond acceptors (Lipinski definition) is 3. The van der Waals surface area contributed by atoms with Crippen molar-refractivity contribution in [2.24, 2.45) is 0 Å². The van der Waals surface area contributed by atoms with Crippen molar-refractivity contribution in [3.8, 4) is 0 Å². The Balaban J connectivity index is 2.68. The highest BCUT2D eigenvalue weighted by atomic mass is 35.5. The lowest BCUT2D eigenvalue weighted by Gasteiger charge is -2.01. The second-order valence-corrected chi connectivity index (χ2v) is 2.45. The van der Waals surface area contributed by atoms with Gasteiger partial charge in [0.05, 0.1) is 12.0 Å². The predicted molar refractivity (Wildman–Crippen MR) is 36.8 cm³/mol. The van der Waals surface area contributed by atoms with Gasteiger partial charge in [-0.15, -0.1) is 0 Å². The van der Waals surface area contributed by atoms with E-state index in [1.807, 2.05) is 0 Å².